The number of hydrogen-bond donors (Lipinski definition) is 2. The van der Waals surface area contributed by atoms with Crippen LogP contribution in [0.1, 0.15) is 51.0 Å². The van der Waals surface area contributed by atoms with E-state index in [-0.39, 0.29) is 17.9 Å². The number of rotatable bonds is 7. The highest BCUT2D eigenvalue weighted by Crippen LogP contribution is 2.34. The van der Waals surface area contributed by atoms with Gasteiger partial charge in [-0.1, -0.05) is 26.2 Å². The molecule has 1 aliphatic carbocycles. The number of imidazole rings is 1. The number of anilines is 2. The van der Waals surface area contributed by atoms with E-state index in [0.29, 0.717) is 24.0 Å². The van der Waals surface area contributed by atoms with E-state index in [0.717, 1.165) is 42.6 Å². The summed E-state index contributed by atoms with van der Waals surface area (Å²) in [6.07, 6.45) is 11.7. The zero-order chi connectivity index (χ0) is 25.1. The van der Waals surface area contributed by atoms with Crippen molar-refractivity contribution in [2.45, 2.75) is 64.0 Å². The summed E-state index contributed by atoms with van der Waals surface area (Å²) in [5, 5.41) is 3.08. The van der Waals surface area contributed by atoms with E-state index < -0.39 is 18.0 Å². The first-order valence-corrected chi connectivity index (χ1v) is 12.4. The second kappa shape index (κ2) is 10.5. The lowest BCUT2D eigenvalue weighted by Gasteiger charge is -2.46. The molecule has 1 saturated heterocycles. The van der Waals surface area contributed by atoms with Crippen molar-refractivity contribution in [2.24, 2.45) is 18.9 Å². The van der Waals surface area contributed by atoms with Crippen LogP contribution in [0.4, 0.5) is 16.4 Å². The van der Waals surface area contributed by atoms with Crippen LogP contribution in [-0.4, -0.2) is 56.4 Å². The SMILES string of the molecule is CC[C@@H](NC(=O)N1C(=O)[C@H](Cc2ccnc(N)c2)[C@H]1C(=O)N(C)c1cn(C)cn1)C1CCCCC1. The van der Waals surface area contributed by atoms with E-state index in [1.54, 1.807) is 42.5 Å². The maximum atomic E-state index is 13.6. The Balaban J connectivity index is 1.56. The number of hydrogen-bond acceptors (Lipinski definition) is 6. The molecule has 35 heavy (non-hydrogen) atoms. The minimum Gasteiger partial charge on any atom is -0.384 e. The molecule has 0 unspecified atom stereocenters. The lowest BCUT2D eigenvalue weighted by Crippen LogP contribution is -2.71. The molecular weight excluding hydrogens is 446 g/mol. The van der Waals surface area contributed by atoms with Crippen molar-refractivity contribution in [1.82, 2.24) is 24.8 Å². The molecule has 0 spiro atoms. The van der Waals surface area contributed by atoms with Gasteiger partial charge >= 0.3 is 6.03 Å². The Morgan fingerprint density at radius 2 is 2.00 bits per heavy atom. The van der Waals surface area contributed by atoms with Crippen LogP contribution in [-0.2, 0) is 23.1 Å². The number of likely N-dealkylation sites (tertiary alicyclic amines) is 1. The molecule has 4 amide bonds. The van der Waals surface area contributed by atoms with E-state index in [4.69, 9.17) is 5.73 Å². The van der Waals surface area contributed by atoms with Crippen molar-refractivity contribution >= 4 is 29.5 Å². The van der Waals surface area contributed by atoms with Crippen molar-refractivity contribution in [3.8, 4) is 0 Å². The number of aromatic nitrogens is 3. The lowest BCUT2D eigenvalue weighted by molar-refractivity contribution is -0.156. The molecule has 4 rings (SSSR count). The van der Waals surface area contributed by atoms with Crippen LogP contribution < -0.4 is 16.0 Å². The number of amides is 4. The van der Waals surface area contributed by atoms with Crippen molar-refractivity contribution in [3.05, 3.63) is 36.4 Å². The highest BCUT2D eigenvalue weighted by molar-refractivity contribution is 6.12. The minimum absolute atomic E-state index is 0.0149. The maximum Gasteiger partial charge on any atom is 0.325 e. The van der Waals surface area contributed by atoms with Crippen LogP contribution in [0, 0.1) is 11.8 Å². The summed E-state index contributed by atoms with van der Waals surface area (Å²) in [6.45, 7) is 2.05. The Morgan fingerprint density at radius 1 is 1.26 bits per heavy atom. The molecule has 3 N–H and O–H groups in total. The second-order valence-corrected chi connectivity index (χ2v) is 9.71. The van der Waals surface area contributed by atoms with Gasteiger partial charge in [0.25, 0.3) is 5.91 Å². The van der Waals surface area contributed by atoms with Gasteiger partial charge in [-0.15, -0.1) is 0 Å². The normalized spacial score (nSPS) is 21.3. The minimum atomic E-state index is -0.923. The molecule has 2 aromatic heterocycles. The van der Waals surface area contributed by atoms with Crippen LogP contribution >= 0.6 is 0 Å². The summed E-state index contributed by atoms with van der Waals surface area (Å²) in [5.41, 5.74) is 6.60. The zero-order valence-electron chi connectivity index (χ0n) is 20.7. The van der Waals surface area contributed by atoms with E-state index >= 15 is 0 Å². The standard InChI is InChI=1S/C25H35N7O3/c1-4-19(17-8-6-5-7-9-17)29-25(35)32-22(24(34)31(3)21-14-30(2)15-28-21)18(23(32)33)12-16-10-11-27-20(26)13-16/h10-11,13-15,17-19,22H,4-9,12H2,1-3H3,(H2,26,27)(H,29,35)/t18-,19-,22+/m1/s1. The van der Waals surface area contributed by atoms with Crippen LogP contribution in [0.5, 0.6) is 0 Å². The monoisotopic (exact) mass is 481 g/mol. The number of carbonyl (C=O) groups is 3. The second-order valence-electron chi connectivity index (χ2n) is 9.71. The molecule has 1 aliphatic heterocycles. The first-order chi connectivity index (χ1) is 16.8. The Morgan fingerprint density at radius 3 is 2.63 bits per heavy atom. The summed E-state index contributed by atoms with van der Waals surface area (Å²) in [5.74, 6) is -0.181. The van der Waals surface area contributed by atoms with Gasteiger partial charge in [0.15, 0.2) is 5.82 Å². The number of pyridine rings is 1. The molecule has 1 saturated carbocycles. The molecule has 10 heteroatoms. The fraction of sp³-hybridized carbons (Fsp3) is 0.560. The highest BCUT2D eigenvalue weighted by Gasteiger charge is 2.55. The summed E-state index contributed by atoms with van der Waals surface area (Å²) in [6, 6.07) is 2.03. The van der Waals surface area contributed by atoms with Crippen LogP contribution in [0.15, 0.2) is 30.9 Å². The zero-order valence-corrected chi connectivity index (χ0v) is 20.7. The van der Waals surface area contributed by atoms with E-state index in [9.17, 15) is 14.4 Å². The van der Waals surface area contributed by atoms with Gasteiger partial charge in [-0.2, -0.15) is 0 Å². The van der Waals surface area contributed by atoms with Crippen LogP contribution in [0.3, 0.4) is 0 Å². The first-order valence-electron chi connectivity index (χ1n) is 12.4. The van der Waals surface area contributed by atoms with E-state index in [2.05, 4.69) is 15.3 Å². The fourth-order valence-corrected chi connectivity index (χ4v) is 5.33. The van der Waals surface area contributed by atoms with E-state index in [1.807, 2.05) is 14.0 Å². The number of β-lactam (4-membered cyclic amide) rings is 1. The van der Waals surface area contributed by atoms with Gasteiger partial charge < -0.3 is 15.6 Å². The molecule has 2 fully saturated rings. The number of likely N-dealkylation sites (N-methyl/N-ethyl adjacent to an activating group) is 1. The van der Waals surface area contributed by atoms with Gasteiger partial charge in [0, 0.05) is 32.5 Å². The van der Waals surface area contributed by atoms with Crippen molar-refractivity contribution in [3.63, 3.8) is 0 Å². The first kappa shape index (κ1) is 24.7. The highest BCUT2D eigenvalue weighted by atomic mass is 16.2. The number of aryl methyl sites for hydroxylation is 1. The predicted molar refractivity (Wildman–Crippen MR) is 132 cm³/mol. The number of nitrogens with two attached hydrogens (primary N) is 1. The lowest BCUT2D eigenvalue weighted by atomic mass is 9.81. The molecule has 0 radical (unpaired) electrons. The number of urea groups is 1. The Labute approximate surface area is 205 Å². The van der Waals surface area contributed by atoms with Crippen LogP contribution in [0.2, 0.25) is 0 Å². The van der Waals surface area contributed by atoms with Gasteiger partial charge in [-0.25, -0.2) is 14.8 Å². The average molecular weight is 482 g/mol. The largest absolute Gasteiger partial charge is 0.384 e. The Bertz CT molecular complexity index is 1080. The summed E-state index contributed by atoms with van der Waals surface area (Å²) < 4.78 is 1.74. The molecule has 10 nitrogen and oxygen atoms in total. The number of nitrogen functional groups attached to an aromatic ring is 1. The van der Waals surface area contributed by atoms with Gasteiger partial charge in [0.05, 0.1) is 12.2 Å². The topological polar surface area (TPSA) is 126 Å². The van der Waals surface area contributed by atoms with Gasteiger partial charge in [0.2, 0.25) is 5.91 Å². The number of imide groups is 1. The summed E-state index contributed by atoms with van der Waals surface area (Å²) in [7, 11) is 3.43. The smallest absolute Gasteiger partial charge is 0.325 e. The Kier molecular flexibility index (Phi) is 7.37. The summed E-state index contributed by atoms with van der Waals surface area (Å²) in [4.78, 5) is 50.9. The third kappa shape index (κ3) is 5.16. The molecule has 3 heterocycles. The number of nitrogens with one attached hydrogen (secondary N) is 1. The predicted octanol–water partition coefficient (Wildman–Crippen LogP) is 2.50. The van der Waals surface area contributed by atoms with Crippen molar-refractivity contribution in [2.75, 3.05) is 17.7 Å². The molecule has 3 atom stereocenters. The fourth-order valence-electron chi connectivity index (χ4n) is 5.33. The van der Waals surface area contributed by atoms with Crippen molar-refractivity contribution in [1.29, 1.82) is 0 Å². The van der Waals surface area contributed by atoms with E-state index in [1.165, 1.54) is 11.3 Å². The average Bonchev–Trinajstić information content (AvgIpc) is 3.29. The third-order valence-corrected chi connectivity index (χ3v) is 7.32. The molecule has 2 aliphatic rings. The molecule has 188 valence electrons. The number of carbonyl (C=O) groups excluding carboxylic acids is 3. The molecular formula is C25H35N7O3. The Hall–Kier alpha value is -3.43. The summed E-state index contributed by atoms with van der Waals surface area (Å²) >= 11 is 0. The van der Waals surface area contributed by atoms with Gasteiger partial charge in [-0.05, 0) is 49.3 Å². The maximum absolute atomic E-state index is 13.6. The van der Waals surface area contributed by atoms with Crippen molar-refractivity contribution < 1.29 is 14.4 Å². The number of nitrogens with zero attached hydrogens (tertiary/aromatic N) is 5. The third-order valence-electron chi connectivity index (χ3n) is 7.32. The van der Waals surface area contributed by atoms with Gasteiger partial charge in [0.1, 0.15) is 11.9 Å². The molecule has 0 aromatic carbocycles. The quantitative estimate of drug-likeness (QED) is 0.585. The molecule has 2 aromatic rings. The van der Waals surface area contributed by atoms with Gasteiger partial charge in [-0.3, -0.25) is 19.4 Å². The molecule has 0 bridgehead atoms. The van der Waals surface area contributed by atoms with Crippen LogP contribution in [0.25, 0.3) is 0 Å².